The summed E-state index contributed by atoms with van der Waals surface area (Å²) in [5.74, 6) is -3.88. The number of carbonyl (C=O) groups excluding carboxylic acids is 2. The van der Waals surface area contributed by atoms with Gasteiger partial charge in [0.15, 0.2) is 5.76 Å². The topological polar surface area (TPSA) is 104 Å². The van der Waals surface area contributed by atoms with Crippen molar-refractivity contribution in [3.63, 3.8) is 0 Å². The highest BCUT2D eigenvalue weighted by molar-refractivity contribution is 5.97. The first-order chi connectivity index (χ1) is 5.57. The van der Waals surface area contributed by atoms with Crippen molar-refractivity contribution >= 4 is 11.8 Å². The summed E-state index contributed by atoms with van der Waals surface area (Å²) < 4.78 is 4.22. The number of rotatable bonds is 2. The lowest BCUT2D eigenvalue weighted by molar-refractivity contribution is -0.149. The maximum atomic E-state index is 10.7. The zero-order valence-electron chi connectivity index (χ0n) is 5.85. The van der Waals surface area contributed by atoms with E-state index in [1.54, 1.807) is 0 Å². The van der Waals surface area contributed by atoms with Gasteiger partial charge >= 0.3 is 5.97 Å². The van der Waals surface area contributed by atoms with Gasteiger partial charge in [-0.1, -0.05) is 0 Å². The quantitative estimate of drug-likeness (QED) is 0.454. The minimum atomic E-state index is -1.55. The van der Waals surface area contributed by atoms with Gasteiger partial charge in [0.2, 0.25) is 17.6 Å². The van der Waals surface area contributed by atoms with Crippen LogP contribution in [-0.4, -0.2) is 39.8 Å². The van der Waals surface area contributed by atoms with Crippen LogP contribution in [0.4, 0.5) is 0 Å². The molecular formula is C6H6O6. The molecule has 12 heavy (non-hydrogen) atoms. The van der Waals surface area contributed by atoms with Gasteiger partial charge in [-0.2, -0.15) is 0 Å². The Morgan fingerprint density at radius 3 is 2.42 bits per heavy atom. The minimum Gasteiger partial charge on any atom is -0.505 e. The highest BCUT2D eigenvalue weighted by atomic mass is 16.6. The molecule has 0 amide bonds. The lowest BCUT2D eigenvalue weighted by Gasteiger charge is -2.04. The molecule has 0 saturated carbocycles. The number of carbonyl (C=O) groups is 2. The summed E-state index contributed by atoms with van der Waals surface area (Å²) in [6.45, 7) is -0.866. The van der Waals surface area contributed by atoms with E-state index in [9.17, 15) is 9.59 Å². The number of aliphatic hydroxyl groups excluding tert-OH is 3. The molecule has 0 fully saturated rings. The first-order valence-electron chi connectivity index (χ1n) is 3.04. The molecule has 3 N–H and O–H groups in total. The van der Waals surface area contributed by atoms with Crippen LogP contribution in [0.5, 0.6) is 0 Å². The molecule has 1 aliphatic rings. The number of Topliss-reactive ketones (excluding diaryl/α,β-unsaturated/α-hetero) is 1. The molecule has 66 valence electrons. The van der Waals surface area contributed by atoms with Crippen LogP contribution in [0.25, 0.3) is 0 Å². The Balaban J connectivity index is 2.87. The second kappa shape index (κ2) is 2.82. The second-order valence-corrected chi connectivity index (χ2v) is 2.14. The van der Waals surface area contributed by atoms with Crippen LogP contribution in [0.2, 0.25) is 0 Å². The van der Waals surface area contributed by atoms with E-state index >= 15 is 0 Å². The Labute approximate surface area is 66.7 Å². The Kier molecular flexibility index (Phi) is 2.01. The van der Waals surface area contributed by atoms with E-state index in [0.717, 1.165) is 0 Å². The Morgan fingerprint density at radius 2 is 2.08 bits per heavy atom. The van der Waals surface area contributed by atoms with Crippen LogP contribution in [0, 0.1) is 0 Å². The van der Waals surface area contributed by atoms with Crippen molar-refractivity contribution in [3.05, 3.63) is 11.5 Å². The first-order valence-corrected chi connectivity index (χ1v) is 3.04. The molecule has 6 heteroatoms. The van der Waals surface area contributed by atoms with E-state index < -0.39 is 36.0 Å². The Bertz CT molecular complexity index is 265. The summed E-state index contributed by atoms with van der Waals surface area (Å²) in [6, 6.07) is 0. The number of esters is 1. The lowest BCUT2D eigenvalue weighted by Crippen LogP contribution is -2.26. The molecule has 1 aliphatic heterocycles. The number of ether oxygens (including phenoxy) is 1. The summed E-state index contributed by atoms with van der Waals surface area (Å²) in [4.78, 5) is 21.2. The third kappa shape index (κ3) is 1.12. The predicted octanol–water partition coefficient (Wildman–Crippen LogP) is -1.20. The van der Waals surface area contributed by atoms with Crippen molar-refractivity contribution in [1.29, 1.82) is 0 Å². The summed E-state index contributed by atoms with van der Waals surface area (Å²) in [6.07, 6.45) is -1.55. The fourth-order valence-electron chi connectivity index (χ4n) is 0.749. The van der Waals surface area contributed by atoms with Gasteiger partial charge < -0.3 is 20.1 Å². The molecule has 1 atom stereocenters. The smallest absolute Gasteiger partial charge is 0.378 e. The van der Waals surface area contributed by atoms with Crippen molar-refractivity contribution < 1.29 is 29.6 Å². The number of hydrogen-bond donors (Lipinski definition) is 3. The number of aliphatic hydroxyl groups is 3. The summed E-state index contributed by atoms with van der Waals surface area (Å²) in [7, 11) is 0. The number of ketones is 1. The zero-order chi connectivity index (χ0) is 9.30. The molecule has 0 spiro atoms. The SMILES string of the molecule is O=C1O[C@H](C(=O)CO)C(O)=C1O. The van der Waals surface area contributed by atoms with Crippen LogP contribution in [-0.2, 0) is 14.3 Å². The average Bonchev–Trinajstić information content (AvgIpc) is 2.32. The largest absolute Gasteiger partial charge is 0.505 e. The van der Waals surface area contributed by atoms with E-state index in [1.165, 1.54) is 0 Å². The van der Waals surface area contributed by atoms with Gasteiger partial charge in [-0.05, 0) is 0 Å². The standard InChI is InChI=1S/C6H6O6/c7-1-2(8)5-3(9)4(10)6(11)12-5/h5,7,9-10H,1H2/t5-/m1/s1. The third-order valence-electron chi connectivity index (χ3n) is 1.36. The zero-order valence-corrected chi connectivity index (χ0v) is 5.85. The molecule has 0 aliphatic carbocycles. The molecule has 1 rings (SSSR count). The summed E-state index contributed by atoms with van der Waals surface area (Å²) in [5.41, 5.74) is 0. The molecule has 0 radical (unpaired) electrons. The molecule has 0 bridgehead atoms. The van der Waals surface area contributed by atoms with Crippen molar-refractivity contribution in [2.24, 2.45) is 0 Å². The van der Waals surface area contributed by atoms with Crippen LogP contribution in [0.1, 0.15) is 0 Å². The van der Waals surface area contributed by atoms with Gasteiger partial charge in [0.25, 0.3) is 0 Å². The van der Waals surface area contributed by atoms with Crippen molar-refractivity contribution in [1.82, 2.24) is 0 Å². The van der Waals surface area contributed by atoms with Gasteiger partial charge in [0, 0.05) is 0 Å². The van der Waals surface area contributed by atoms with Crippen molar-refractivity contribution in [2.75, 3.05) is 6.61 Å². The molecule has 0 saturated heterocycles. The van der Waals surface area contributed by atoms with Gasteiger partial charge in [0.05, 0.1) is 0 Å². The molecular weight excluding hydrogens is 168 g/mol. The highest BCUT2D eigenvalue weighted by Crippen LogP contribution is 2.18. The predicted molar refractivity (Wildman–Crippen MR) is 34.3 cm³/mol. The van der Waals surface area contributed by atoms with E-state index in [0.29, 0.717) is 0 Å². The fraction of sp³-hybridized carbons (Fsp3) is 0.333. The van der Waals surface area contributed by atoms with E-state index in [4.69, 9.17) is 15.3 Å². The second-order valence-electron chi connectivity index (χ2n) is 2.14. The number of cyclic esters (lactones) is 1. The summed E-state index contributed by atoms with van der Waals surface area (Å²) in [5, 5.41) is 25.9. The maximum Gasteiger partial charge on any atom is 0.378 e. The average molecular weight is 174 g/mol. The van der Waals surface area contributed by atoms with Crippen LogP contribution in [0.3, 0.4) is 0 Å². The van der Waals surface area contributed by atoms with Crippen LogP contribution >= 0.6 is 0 Å². The molecule has 6 nitrogen and oxygen atoms in total. The molecule has 0 aromatic carbocycles. The van der Waals surface area contributed by atoms with E-state index in [1.807, 2.05) is 0 Å². The third-order valence-corrected chi connectivity index (χ3v) is 1.36. The highest BCUT2D eigenvalue weighted by Gasteiger charge is 2.38. The Morgan fingerprint density at radius 1 is 1.50 bits per heavy atom. The van der Waals surface area contributed by atoms with Gasteiger partial charge in [-0.3, -0.25) is 4.79 Å². The van der Waals surface area contributed by atoms with E-state index in [-0.39, 0.29) is 0 Å². The van der Waals surface area contributed by atoms with Crippen molar-refractivity contribution in [2.45, 2.75) is 6.10 Å². The van der Waals surface area contributed by atoms with Crippen molar-refractivity contribution in [3.8, 4) is 0 Å². The lowest BCUT2D eigenvalue weighted by atomic mass is 10.2. The van der Waals surface area contributed by atoms with Gasteiger partial charge in [-0.15, -0.1) is 0 Å². The number of hydrogen-bond acceptors (Lipinski definition) is 6. The van der Waals surface area contributed by atoms with E-state index in [2.05, 4.69) is 4.74 Å². The first kappa shape index (κ1) is 8.54. The fourth-order valence-corrected chi connectivity index (χ4v) is 0.749. The maximum absolute atomic E-state index is 10.7. The molecule has 0 aromatic rings. The normalized spacial score (nSPS) is 22.8. The molecule has 0 aromatic heterocycles. The Hall–Kier alpha value is -1.56. The molecule has 0 unspecified atom stereocenters. The minimum absolute atomic E-state index is 0.848. The van der Waals surface area contributed by atoms with Gasteiger partial charge in [0.1, 0.15) is 6.61 Å². The van der Waals surface area contributed by atoms with Gasteiger partial charge in [-0.25, -0.2) is 4.79 Å². The summed E-state index contributed by atoms with van der Waals surface area (Å²) >= 11 is 0. The monoisotopic (exact) mass is 174 g/mol. The van der Waals surface area contributed by atoms with Crippen LogP contribution in [0.15, 0.2) is 11.5 Å². The molecule has 1 heterocycles. The van der Waals surface area contributed by atoms with Crippen LogP contribution < -0.4 is 0 Å².